The molecule has 0 saturated carbocycles. The van der Waals surface area contributed by atoms with Crippen LogP contribution in [0.2, 0.25) is 0 Å². The molecular formula is C16H16FN3O3S. The average molecular weight is 349 g/mol. The van der Waals surface area contributed by atoms with Gasteiger partial charge in [0.05, 0.1) is 17.7 Å². The van der Waals surface area contributed by atoms with Crippen molar-refractivity contribution in [2.75, 3.05) is 0 Å². The van der Waals surface area contributed by atoms with Gasteiger partial charge in [-0.05, 0) is 19.1 Å². The molecule has 1 amide bonds. The standard InChI is InChI=1S/C16H16FN3O3S/c1-9(21)16(22)18-5-11-2-10-3-13(17)15(4-14(10)20-11)23-6-12-7-24-8-19-12/h2-4,7-9,20-21H,5-6H2,1H3,(H,18,22)/t9-/m1/s1. The summed E-state index contributed by atoms with van der Waals surface area (Å²) in [4.78, 5) is 18.6. The first kappa shape index (κ1) is 16.4. The summed E-state index contributed by atoms with van der Waals surface area (Å²) in [6.45, 7) is 1.81. The molecule has 24 heavy (non-hydrogen) atoms. The maximum absolute atomic E-state index is 14.1. The first-order valence-electron chi connectivity index (χ1n) is 7.29. The van der Waals surface area contributed by atoms with E-state index < -0.39 is 17.8 Å². The minimum absolute atomic E-state index is 0.136. The van der Waals surface area contributed by atoms with Crippen molar-refractivity contribution in [1.29, 1.82) is 0 Å². The minimum atomic E-state index is -1.07. The maximum Gasteiger partial charge on any atom is 0.248 e. The quantitative estimate of drug-likeness (QED) is 0.637. The van der Waals surface area contributed by atoms with Crippen LogP contribution < -0.4 is 10.1 Å². The molecule has 3 aromatic rings. The Bertz CT molecular complexity index is 846. The molecule has 2 heterocycles. The van der Waals surface area contributed by atoms with Crippen LogP contribution >= 0.6 is 11.3 Å². The zero-order chi connectivity index (χ0) is 17.1. The van der Waals surface area contributed by atoms with Gasteiger partial charge < -0.3 is 20.1 Å². The Labute approximate surface area is 141 Å². The van der Waals surface area contributed by atoms with Gasteiger partial charge in [-0.25, -0.2) is 9.37 Å². The van der Waals surface area contributed by atoms with Gasteiger partial charge in [0, 0.05) is 28.0 Å². The van der Waals surface area contributed by atoms with Gasteiger partial charge in [-0.15, -0.1) is 11.3 Å². The number of benzene rings is 1. The molecule has 0 aliphatic rings. The van der Waals surface area contributed by atoms with Crippen LogP contribution in [0.1, 0.15) is 18.3 Å². The molecule has 2 aromatic heterocycles. The Kier molecular flexibility index (Phi) is 4.77. The van der Waals surface area contributed by atoms with Crippen LogP contribution in [0.3, 0.4) is 0 Å². The fraction of sp³-hybridized carbons (Fsp3) is 0.250. The molecule has 0 bridgehead atoms. The first-order chi connectivity index (χ1) is 11.5. The number of carbonyl (C=O) groups is 1. The van der Waals surface area contributed by atoms with E-state index in [-0.39, 0.29) is 18.9 Å². The lowest BCUT2D eigenvalue weighted by molar-refractivity contribution is -0.128. The summed E-state index contributed by atoms with van der Waals surface area (Å²) in [5.41, 5.74) is 3.84. The predicted molar refractivity (Wildman–Crippen MR) is 88.2 cm³/mol. The maximum atomic E-state index is 14.1. The molecule has 0 spiro atoms. The molecule has 0 fully saturated rings. The van der Waals surface area contributed by atoms with Crippen molar-refractivity contribution >= 4 is 28.1 Å². The summed E-state index contributed by atoms with van der Waals surface area (Å²) >= 11 is 1.45. The van der Waals surface area contributed by atoms with Gasteiger partial charge in [-0.3, -0.25) is 4.79 Å². The van der Waals surface area contributed by atoms with Crippen molar-refractivity contribution in [2.24, 2.45) is 0 Å². The Morgan fingerprint density at radius 1 is 1.50 bits per heavy atom. The highest BCUT2D eigenvalue weighted by molar-refractivity contribution is 7.07. The van der Waals surface area contributed by atoms with Crippen molar-refractivity contribution in [3.05, 3.63) is 46.3 Å². The third kappa shape index (κ3) is 3.72. The minimum Gasteiger partial charge on any atom is -0.484 e. The highest BCUT2D eigenvalue weighted by Gasteiger charge is 2.11. The second-order valence-electron chi connectivity index (χ2n) is 5.33. The lowest BCUT2D eigenvalue weighted by atomic mass is 10.2. The van der Waals surface area contributed by atoms with Crippen molar-refractivity contribution in [3.63, 3.8) is 0 Å². The van der Waals surface area contributed by atoms with Crippen LogP contribution in [0.4, 0.5) is 4.39 Å². The Hall–Kier alpha value is -2.45. The number of aromatic nitrogens is 2. The van der Waals surface area contributed by atoms with E-state index in [0.29, 0.717) is 16.6 Å². The Morgan fingerprint density at radius 2 is 2.33 bits per heavy atom. The highest BCUT2D eigenvalue weighted by atomic mass is 32.1. The molecule has 6 nitrogen and oxygen atoms in total. The SMILES string of the molecule is C[C@@H](O)C(=O)NCc1cc2cc(F)c(OCc3cscn3)cc2[nH]1. The molecule has 0 unspecified atom stereocenters. The van der Waals surface area contributed by atoms with E-state index >= 15 is 0 Å². The molecular weight excluding hydrogens is 333 g/mol. The fourth-order valence-electron chi connectivity index (χ4n) is 2.19. The van der Waals surface area contributed by atoms with Crippen LogP contribution in [0.25, 0.3) is 10.9 Å². The number of aromatic amines is 1. The van der Waals surface area contributed by atoms with Crippen LogP contribution in [-0.2, 0) is 17.9 Å². The number of fused-ring (bicyclic) bond motifs is 1. The number of carbonyl (C=O) groups excluding carboxylic acids is 1. The summed E-state index contributed by atoms with van der Waals surface area (Å²) in [7, 11) is 0. The van der Waals surface area contributed by atoms with E-state index in [4.69, 9.17) is 9.84 Å². The predicted octanol–water partition coefficient (Wildman–Crippen LogP) is 2.34. The number of nitrogens with one attached hydrogen (secondary N) is 2. The van der Waals surface area contributed by atoms with E-state index in [9.17, 15) is 9.18 Å². The van der Waals surface area contributed by atoms with E-state index in [1.807, 2.05) is 5.38 Å². The number of nitrogens with zero attached hydrogens (tertiary/aromatic N) is 1. The summed E-state index contributed by atoms with van der Waals surface area (Å²) in [5, 5.41) is 14.3. The molecule has 8 heteroatoms. The van der Waals surface area contributed by atoms with Gasteiger partial charge in [-0.1, -0.05) is 0 Å². The molecule has 0 aliphatic carbocycles. The number of ether oxygens (including phenoxy) is 1. The second kappa shape index (κ2) is 6.98. The summed E-state index contributed by atoms with van der Waals surface area (Å²) in [6.07, 6.45) is -1.07. The molecule has 1 aromatic carbocycles. The smallest absolute Gasteiger partial charge is 0.248 e. The van der Waals surface area contributed by atoms with Crippen molar-refractivity contribution < 1.29 is 19.0 Å². The lowest BCUT2D eigenvalue weighted by Gasteiger charge is -2.06. The van der Waals surface area contributed by atoms with Crippen LogP contribution in [0.15, 0.2) is 29.1 Å². The number of aliphatic hydroxyl groups is 1. The largest absolute Gasteiger partial charge is 0.484 e. The number of H-pyrrole nitrogens is 1. The summed E-state index contributed by atoms with van der Waals surface area (Å²) in [6, 6.07) is 4.70. The monoisotopic (exact) mass is 349 g/mol. The van der Waals surface area contributed by atoms with Gasteiger partial charge in [0.15, 0.2) is 11.6 Å². The van der Waals surface area contributed by atoms with E-state index in [1.54, 1.807) is 17.6 Å². The van der Waals surface area contributed by atoms with E-state index in [0.717, 1.165) is 5.69 Å². The van der Waals surface area contributed by atoms with Crippen molar-refractivity contribution in [3.8, 4) is 5.75 Å². The first-order valence-corrected chi connectivity index (χ1v) is 8.24. The van der Waals surface area contributed by atoms with Gasteiger partial charge in [0.1, 0.15) is 12.7 Å². The van der Waals surface area contributed by atoms with Gasteiger partial charge in [0.25, 0.3) is 0 Å². The number of thiazole rings is 1. The third-order valence-electron chi connectivity index (χ3n) is 3.42. The van der Waals surface area contributed by atoms with Crippen LogP contribution in [0.5, 0.6) is 5.75 Å². The van der Waals surface area contributed by atoms with Gasteiger partial charge in [-0.2, -0.15) is 0 Å². The Morgan fingerprint density at radius 3 is 3.04 bits per heavy atom. The molecule has 0 saturated heterocycles. The van der Waals surface area contributed by atoms with Gasteiger partial charge in [0.2, 0.25) is 5.91 Å². The topological polar surface area (TPSA) is 87.2 Å². The molecule has 126 valence electrons. The number of aliphatic hydroxyl groups excluding tert-OH is 1. The number of rotatable bonds is 6. The summed E-state index contributed by atoms with van der Waals surface area (Å²) in [5.74, 6) is -0.791. The normalized spacial score (nSPS) is 12.3. The van der Waals surface area contributed by atoms with Gasteiger partial charge >= 0.3 is 0 Å². The number of amides is 1. The Balaban J connectivity index is 1.73. The molecule has 3 N–H and O–H groups in total. The number of halogens is 1. The fourth-order valence-corrected chi connectivity index (χ4v) is 2.73. The zero-order valence-corrected chi connectivity index (χ0v) is 13.7. The third-order valence-corrected chi connectivity index (χ3v) is 4.06. The second-order valence-corrected chi connectivity index (χ2v) is 6.05. The zero-order valence-electron chi connectivity index (χ0n) is 12.9. The molecule has 3 rings (SSSR count). The number of hydrogen-bond acceptors (Lipinski definition) is 5. The van der Waals surface area contributed by atoms with Crippen LogP contribution in [-0.4, -0.2) is 27.1 Å². The average Bonchev–Trinajstić information content (AvgIpc) is 3.19. The lowest BCUT2D eigenvalue weighted by Crippen LogP contribution is -2.32. The van der Waals surface area contributed by atoms with Crippen LogP contribution in [0, 0.1) is 5.82 Å². The molecule has 1 atom stereocenters. The molecule has 0 radical (unpaired) electrons. The summed E-state index contributed by atoms with van der Waals surface area (Å²) < 4.78 is 19.6. The molecule has 0 aliphatic heterocycles. The van der Waals surface area contributed by atoms with E-state index in [2.05, 4.69) is 15.3 Å². The van der Waals surface area contributed by atoms with Crippen molar-refractivity contribution in [1.82, 2.24) is 15.3 Å². The number of hydrogen-bond donors (Lipinski definition) is 3. The van der Waals surface area contributed by atoms with E-state index in [1.165, 1.54) is 24.3 Å². The highest BCUT2D eigenvalue weighted by Crippen LogP contribution is 2.26. The van der Waals surface area contributed by atoms with Crippen molar-refractivity contribution in [2.45, 2.75) is 26.2 Å².